The van der Waals surface area contributed by atoms with Gasteiger partial charge in [0, 0.05) is 31.4 Å². The number of methoxy groups -OCH3 is 1. The largest absolute Gasteiger partial charge is 0.493 e. The second kappa shape index (κ2) is 10.4. The van der Waals surface area contributed by atoms with E-state index in [2.05, 4.69) is 38.3 Å². The first kappa shape index (κ1) is 22.6. The van der Waals surface area contributed by atoms with E-state index in [1.807, 2.05) is 49.1 Å². The molecule has 0 aliphatic carbocycles. The third-order valence-electron chi connectivity index (χ3n) is 5.78. The molecule has 8 nitrogen and oxygen atoms in total. The molecule has 1 N–H and O–H groups in total. The normalized spacial score (nSPS) is 16.2. The Hall–Kier alpha value is -3.55. The van der Waals surface area contributed by atoms with Crippen molar-refractivity contribution in [2.24, 2.45) is 0 Å². The highest BCUT2D eigenvalue weighted by molar-refractivity contribution is 5.78. The van der Waals surface area contributed by atoms with Crippen LogP contribution in [0.5, 0.6) is 11.5 Å². The second-order valence-electron chi connectivity index (χ2n) is 8.49. The van der Waals surface area contributed by atoms with Gasteiger partial charge < -0.3 is 19.3 Å². The molecule has 1 saturated heterocycles. The van der Waals surface area contributed by atoms with Crippen LogP contribution in [0.25, 0.3) is 0 Å². The number of nitrogens with zero attached hydrogens (tertiary/aromatic N) is 4. The number of carbonyl (C=O) groups excluding carboxylic acids is 1. The molecule has 1 atom stereocenters. The molecule has 0 bridgehead atoms. The number of nitrogens with one attached hydrogen (secondary N) is 1. The lowest BCUT2D eigenvalue weighted by Gasteiger charge is -2.42. The van der Waals surface area contributed by atoms with E-state index >= 15 is 0 Å². The van der Waals surface area contributed by atoms with Crippen molar-refractivity contribution in [3.63, 3.8) is 0 Å². The minimum atomic E-state index is 0.0353. The third kappa shape index (κ3) is 5.63. The Balaban J connectivity index is 1.56. The van der Waals surface area contributed by atoms with E-state index in [4.69, 9.17) is 9.47 Å². The van der Waals surface area contributed by atoms with Gasteiger partial charge in [-0.3, -0.25) is 9.89 Å². The van der Waals surface area contributed by atoms with E-state index in [-0.39, 0.29) is 24.5 Å². The first-order valence-corrected chi connectivity index (χ1v) is 11.3. The van der Waals surface area contributed by atoms with Crippen LogP contribution in [-0.2, 0) is 17.6 Å². The molecule has 1 aliphatic heterocycles. The van der Waals surface area contributed by atoms with Crippen LogP contribution in [0.4, 0.5) is 5.69 Å². The summed E-state index contributed by atoms with van der Waals surface area (Å²) in [4.78, 5) is 21.6. The van der Waals surface area contributed by atoms with Crippen LogP contribution < -0.4 is 14.4 Å². The molecule has 1 amide bonds. The van der Waals surface area contributed by atoms with Crippen molar-refractivity contribution < 1.29 is 14.3 Å². The number of hydrogen-bond acceptors (Lipinski definition) is 6. The van der Waals surface area contributed by atoms with E-state index in [9.17, 15) is 4.79 Å². The van der Waals surface area contributed by atoms with Crippen LogP contribution in [0.3, 0.4) is 0 Å². The van der Waals surface area contributed by atoms with Crippen molar-refractivity contribution >= 4 is 11.6 Å². The van der Waals surface area contributed by atoms with Crippen molar-refractivity contribution in [2.75, 3.05) is 31.6 Å². The predicted octanol–water partition coefficient (Wildman–Crippen LogP) is 3.10. The number of aromatic nitrogens is 3. The standard InChI is InChI=1S/C25H31N5O3/c1-18(2)33-23-14-20(9-10-22(23)32-3)29-11-12-30(25(31)15-24-26-17-27-28-24)21(16-29)13-19-7-5-4-6-8-19/h4-10,14,17-18,21H,11-13,15-16H2,1-3H3,(H,26,27,28). The van der Waals surface area contributed by atoms with Crippen LogP contribution in [-0.4, -0.2) is 64.9 Å². The van der Waals surface area contributed by atoms with Gasteiger partial charge in [0.2, 0.25) is 5.91 Å². The molecule has 0 saturated carbocycles. The van der Waals surface area contributed by atoms with Gasteiger partial charge in [0.25, 0.3) is 0 Å². The molecular formula is C25H31N5O3. The van der Waals surface area contributed by atoms with Gasteiger partial charge in [0.05, 0.1) is 25.7 Å². The summed E-state index contributed by atoms with van der Waals surface area (Å²) in [6.07, 6.45) is 2.48. The van der Waals surface area contributed by atoms with Crippen LogP contribution in [0.1, 0.15) is 25.2 Å². The van der Waals surface area contributed by atoms with E-state index in [0.717, 1.165) is 30.9 Å². The summed E-state index contributed by atoms with van der Waals surface area (Å²) < 4.78 is 11.5. The lowest BCUT2D eigenvalue weighted by molar-refractivity contribution is -0.133. The number of ether oxygens (including phenoxy) is 2. The van der Waals surface area contributed by atoms with Crippen molar-refractivity contribution in [3.05, 3.63) is 66.2 Å². The third-order valence-corrected chi connectivity index (χ3v) is 5.78. The summed E-state index contributed by atoms with van der Waals surface area (Å²) >= 11 is 0. The predicted molar refractivity (Wildman–Crippen MR) is 127 cm³/mol. The Morgan fingerprint density at radius 1 is 1.15 bits per heavy atom. The molecule has 3 aromatic rings. The molecule has 1 aliphatic rings. The number of piperazine rings is 1. The number of benzene rings is 2. The Bertz CT molecular complexity index is 1040. The summed E-state index contributed by atoms with van der Waals surface area (Å²) in [6, 6.07) is 16.4. The number of amides is 1. The van der Waals surface area contributed by atoms with Crippen molar-refractivity contribution in [2.45, 2.75) is 38.8 Å². The smallest absolute Gasteiger partial charge is 0.230 e. The van der Waals surface area contributed by atoms with Crippen LogP contribution >= 0.6 is 0 Å². The first-order chi connectivity index (χ1) is 16.0. The summed E-state index contributed by atoms with van der Waals surface area (Å²) in [6.45, 7) is 6.10. The maximum absolute atomic E-state index is 13.2. The highest BCUT2D eigenvalue weighted by atomic mass is 16.5. The zero-order chi connectivity index (χ0) is 23.2. The topological polar surface area (TPSA) is 83.6 Å². The minimum absolute atomic E-state index is 0.0353. The van der Waals surface area contributed by atoms with Gasteiger partial charge in [-0.15, -0.1) is 0 Å². The number of anilines is 1. The maximum Gasteiger partial charge on any atom is 0.230 e. The molecule has 0 radical (unpaired) electrons. The zero-order valence-electron chi connectivity index (χ0n) is 19.4. The molecule has 1 fully saturated rings. The molecule has 2 heterocycles. The molecule has 2 aromatic carbocycles. The van der Waals surface area contributed by atoms with E-state index in [1.165, 1.54) is 11.9 Å². The van der Waals surface area contributed by atoms with Crippen molar-refractivity contribution in [1.82, 2.24) is 20.1 Å². The van der Waals surface area contributed by atoms with Gasteiger partial charge in [-0.05, 0) is 38.0 Å². The quantitative estimate of drug-likeness (QED) is 0.569. The number of aromatic amines is 1. The lowest BCUT2D eigenvalue weighted by Crippen LogP contribution is -2.56. The molecule has 8 heteroatoms. The Morgan fingerprint density at radius 3 is 2.67 bits per heavy atom. The number of H-pyrrole nitrogens is 1. The van der Waals surface area contributed by atoms with Gasteiger partial charge in [-0.2, -0.15) is 5.10 Å². The van der Waals surface area contributed by atoms with E-state index in [0.29, 0.717) is 18.1 Å². The monoisotopic (exact) mass is 449 g/mol. The van der Waals surface area contributed by atoms with Crippen LogP contribution in [0, 0.1) is 0 Å². The molecule has 33 heavy (non-hydrogen) atoms. The fraction of sp³-hybridized carbons (Fsp3) is 0.400. The average molecular weight is 450 g/mol. The van der Waals surface area contributed by atoms with Crippen molar-refractivity contribution in [3.8, 4) is 11.5 Å². The first-order valence-electron chi connectivity index (χ1n) is 11.3. The Labute approximate surface area is 194 Å². The highest BCUT2D eigenvalue weighted by Crippen LogP contribution is 2.33. The average Bonchev–Trinajstić information content (AvgIpc) is 3.32. The summed E-state index contributed by atoms with van der Waals surface area (Å²) in [5.41, 5.74) is 2.27. The number of hydrogen-bond donors (Lipinski definition) is 1. The second-order valence-corrected chi connectivity index (χ2v) is 8.49. The Kier molecular flexibility index (Phi) is 7.12. The SMILES string of the molecule is COc1ccc(N2CCN(C(=O)Cc3ncn[nH]3)C(Cc3ccccc3)C2)cc1OC(C)C. The molecule has 0 spiro atoms. The molecule has 1 aromatic heterocycles. The number of carbonyl (C=O) groups is 1. The van der Waals surface area contributed by atoms with E-state index in [1.54, 1.807) is 7.11 Å². The molecular weight excluding hydrogens is 418 g/mol. The highest BCUT2D eigenvalue weighted by Gasteiger charge is 2.31. The molecule has 4 rings (SSSR count). The van der Waals surface area contributed by atoms with Gasteiger partial charge in [-0.25, -0.2) is 4.98 Å². The van der Waals surface area contributed by atoms with Crippen molar-refractivity contribution in [1.29, 1.82) is 0 Å². The summed E-state index contributed by atoms with van der Waals surface area (Å²) in [5, 5.41) is 6.66. The van der Waals surface area contributed by atoms with Gasteiger partial charge >= 0.3 is 0 Å². The van der Waals surface area contributed by atoms with Gasteiger partial charge in [0.15, 0.2) is 11.5 Å². The Morgan fingerprint density at radius 2 is 1.97 bits per heavy atom. The fourth-order valence-electron chi connectivity index (χ4n) is 4.25. The van der Waals surface area contributed by atoms with Gasteiger partial charge in [-0.1, -0.05) is 30.3 Å². The van der Waals surface area contributed by atoms with E-state index < -0.39 is 0 Å². The number of rotatable bonds is 8. The molecule has 1 unspecified atom stereocenters. The van der Waals surface area contributed by atoms with Crippen LogP contribution in [0.2, 0.25) is 0 Å². The molecule has 174 valence electrons. The van der Waals surface area contributed by atoms with Gasteiger partial charge in [0.1, 0.15) is 12.2 Å². The van der Waals surface area contributed by atoms with Crippen LogP contribution in [0.15, 0.2) is 54.9 Å². The fourth-order valence-corrected chi connectivity index (χ4v) is 4.25. The lowest BCUT2D eigenvalue weighted by atomic mass is 10.0. The minimum Gasteiger partial charge on any atom is -0.493 e. The summed E-state index contributed by atoms with van der Waals surface area (Å²) in [5.74, 6) is 2.10. The maximum atomic E-state index is 13.2. The summed E-state index contributed by atoms with van der Waals surface area (Å²) in [7, 11) is 1.65. The zero-order valence-corrected chi connectivity index (χ0v) is 19.4.